The fourth-order valence-electron chi connectivity index (χ4n) is 3.54. The number of benzene rings is 3. The van der Waals surface area contributed by atoms with Crippen molar-refractivity contribution in [3.63, 3.8) is 0 Å². The Bertz CT molecular complexity index is 1470. The molecule has 0 atom stereocenters. The van der Waals surface area contributed by atoms with Crippen molar-refractivity contribution in [1.82, 2.24) is 9.78 Å². The highest BCUT2D eigenvalue weighted by atomic mass is 32.2. The van der Waals surface area contributed by atoms with E-state index in [2.05, 4.69) is 15.3 Å². The zero-order valence-corrected chi connectivity index (χ0v) is 19.7. The van der Waals surface area contributed by atoms with E-state index in [1.54, 1.807) is 67.6 Å². The number of aliphatic hydroxyl groups is 1. The van der Waals surface area contributed by atoms with Gasteiger partial charge < -0.3 is 15.9 Å². The minimum Gasteiger partial charge on any atom is -0.492 e. The summed E-state index contributed by atoms with van der Waals surface area (Å²) < 4.78 is 29.6. The Balaban J connectivity index is 1.73. The van der Waals surface area contributed by atoms with Gasteiger partial charge in [-0.2, -0.15) is 4.68 Å². The number of nitrogens with two attached hydrogens (primary N) is 1. The van der Waals surface area contributed by atoms with Gasteiger partial charge in [0, 0.05) is 6.54 Å². The molecule has 11 heteroatoms. The minimum absolute atomic E-state index is 0.0635. The molecule has 0 aliphatic rings. The largest absolute Gasteiger partial charge is 0.492 e. The fraction of sp³-hybridized carbons (Fsp3) is 0.125. The maximum absolute atomic E-state index is 13.6. The maximum Gasteiger partial charge on any atom is 0.266 e. The summed E-state index contributed by atoms with van der Waals surface area (Å²) in [7, 11) is -4.04. The van der Waals surface area contributed by atoms with Crippen molar-refractivity contribution in [1.29, 1.82) is 0 Å². The molecule has 0 saturated heterocycles. The highest BCUT2D eigenvalue weighted by Crippen LogP contribution is 2.37. The summed E-state index contributed by atoms with van der Waals surface area (Å²) in [5.74, 6) is -0.389. The van der Waals surface area contributed by atoms with Gasteiger partial charge in [0.25, 0.3) is 10.0 Å². The number of para-hydroxylation sites is 1. The summed E-state index contributed by atoms with van der Waals surface area (Å²) in [6.07, 6.45) is 0. The molecule has 4 aromatic rings. The van der Waals surface area contributed by atoms with Gasteiger partial charge in [-0.1, -0.05) is 42.5 Å². The van der Waals surface area contributed by atoms with Crippen LogP contribution in [0.3, 0.4) is 0 Å². The van der Waals surface area contributed by atoms with Gasteiger partial charge in [-0.3, -0.25) is 4.31 Å². The molecule has 0 aliphatic carbocycles. The second-order valence-electron chi connectivity index (χ2n) is 7.47. The second-order valence-corrected chi connectivity index (χ2v) is 9.30. The smallest absolute Gasteiger partial charge is 0.266 e. The van der Waals surface area contributed by atoms with Crippen molar-refractivity contribution in [2.75, 3.05) is 16.6 Å². The fourth-order valence-corrected chi connectivity index (χ4v) is 5.14. The van der Waals surface area contributed by atoms with Crippen LogP contribution in [-0.2, 0) is 16.6 Å². The van der Waals surface area contributed by atoms with Crippen molar-refractivity contribution in [2.45, 2.75) is 18.4 Å². The number of aromatic nitrogens is 2. The van der Waals surface area contributed by atoms with Gasteiger partial charge in [0.2, 0.25) is 5.88 Å². The van der Waals surface area contributed by atoms with Crippen molar-refractivity contribution in [3.05, 3.63) is 84.4 Å². The van der Waals surface area contributed by atoms with Crippen molar-refractivity contribution < 1.29 is 18.6 Å². The lowest BCUT2D eigenvalue weighted by Crippen LogP contribution is -2.30. The number of rotatable bonds is 8. The number of hydrogen-bond donors (Lipinski definition) is 3. The average Bonchev–Trinajstić information content (AvgIpc) is 3.16. The Labute approximate surface area is 202 Å². The van der Waals surface area contributed by atoms with Crippen LogP contribution in [-0.4, -0.2) is 35.0 Å². The molecule has 0 aliphatic heterocycles. The number of nitrogen functional groups attached to an aromatic ring is 1. The van der Waals surface area contributed by atoms with Gasteiger partial charge >= 0.3 is 0 Å². The molecule has 180 valence electrons. The van der Waals surface area contributed by atoms with Crippen LogP contribution >= 0.6 is 0 Å². The lowest BCUT2D eigenvalue weighted by molar-refractivity contribution is 0.282. The summed E-state index contributed by atoms with van der Waals surface area (Å²) in [6, 6.07) is 21.7. The zero-order valence-electron chi connectivity index (χ0n) is 18.9. The Morgan fingerprint density at radius 1 is 1.00 bits per heavy atom. The second kappa shape index (κ2) is 9.95. The van der Waals surface area contributed by atoms with Crippen LogP contribution in [0.1, 0.15) is 12.5 Å². The number of aromatic hydroxyl groups is 1. The van der Waals surface area contributed by atoms with E-state index in [9.17, 15) is 18.6 Å². The first-order chi connectivity index (χ1) is 16.9. The minimum atomic E-state index is -4.04. The lowest BCUT2D eigenvalue weighted by atomic mass is 10.2. The third kappa shape index (κ3) is 4.72. The first-order valence-electron chi connectivity index (χ1n) is 10.7. The number of anilines is 2. The van der Waals surface area contributed by atoms with Crippen LogP contribution in [0.5, 0.6) is 5.88 Å². The third-order valence-electron chi connectivity index (χ3n) is 5.22. The molecule has 4 N–H and O–H groups in total. The maximum atomic E-state index is 13.6. The first-order valence-corrected chi connectivity index (χ1v) is 12.2. The average molecular weight is 493 g/mol. The van der Waals surface area contributed by atoms with Crippen LogP contribution < -0.4 is 10.0 Å². The molecule has 1 aromatic heterocycles. The third-order valence-corrected chi connectivity index (χ3v) is 7.17. The predicted octanol–water partition coefficient (Wildman–Crippen LogP) is 4.28. The molecule has 35 heavy (non-hydrogen) atoms. The van der Waals surface area contributed by atoms with E-state index in [0.29, 0.717) is 16.9 Å². The zero-order chi connectivity index (χ0) is 25.0. The van der Waals surface area contributed by atoms with Crippen LogP contribution in [0.4, 0.5) is 22.9 Å². The Kier molecular flexibility index (Phi) is 6.80. The molecule has 0 unspecified atom stereocenters. The number of sulfonamides is 1. The van der Waals surface area contributed by atoms with Crippen molar-refractivity contribution >= 4 is 32.9 Å². The molecular weight excluding hydrogens is 468 g/mol. The topological polar surface area (TPSA) is 146 Å². The van der Waals surface area contributed by atoms with E-state index >= 15 is 0 Å². The number of hydrogen-bond acceptors (Lipinski definition) is 8. The van der Waals surface area contributed by atoms with Gasteiger partial charge in [0.05, 0.1) is 18.0 Å². The normalized spacial score (nSPS) is 11.7. The molecule has 0 radical (unpaired) electrons. The molecule has 10 nitrogen and oxygen atoms in total. The van der Waals surface area contributed by atoms with Crippen molar-refractivity contribution in [3.8, 4) is 11.6 Å². The monoisotopic (exact) mass is 492 g/mol. The number of azo groups is 1. The van der Waals surface area contributed by atoms with E-state index in [1.807, 2.05) is 6.07 Å². The Hall–Kier alpha value is -4.22. The molecule has 1 heterocycles. The summed E-state index contributed by atoms with van der Waals surface area (Å²) in [5.41, 5.74) is 7.51. The molecule has 0 spiro atoms. The molecule has 4 rings (SSSR count). The van der Waals surface area contributed by atoms with E-state index in [1.165, 1.54) is 21.1 Å². The van der Waals surface area contributed by atoms with Gasteiger partial charge in [0.15, 0.2) is 11.5 Å². The van der Waals surface area contributed by atoms with Crippen LogP contribution in [0, 0.1) is 0 Å². The Morgan fingerprint density at radius 3 is 2.43 bits per heavy atom. The van der Waals surface area contributed by atoms with Crippen molar-refractivity contribution in [2.24, 2.45) is 10.2 Å². The van der Waals surface area contributed by atoms with E-state index < -0.39 is 10.0 Å². The first kappa shape index (κ1) is 23.9. The van der Waals surface area contributed by atoms with Crippen LogP contribution in [0.2, 0.25) is 0 Å². The van der Waals surface area contributed by atoms with E-state index in [0.717, 1.165) is 0 Å². The van der Waals surface area contributed by atoms with Gasteiger partial charge in [-0.25, -0.2) is 8.42 Å². The summed E-state index contributed by atoms with van der Waals surface area (Å²) in [4.78, 5) is -0.0755. The SMILES string of the molecule is CCN(c1cccc(CO)c1)S(=O)(=O)c1ccccc1/N=N/c1c(N)nn(-c2ccccc2)c1O. The van der Waals surface area contributed by atoms with E-state index in [-0.39, 0.29) is 41.1 Å². The van der Waals surface area contributed by atoms with Gasteiger partial charge in [-0.05, 0) is 48.9 Å². The molecule has 0 bridgehead atoms. The van der Waals surface area contributed by atoms with Crippen LogP contribution in [0.25, 0.3) is 5.69 Å². The molecular formula is C24H24N6O4S. The van der Waals surface area contributed by atoms with Gasteiger partial charge in [0.1, 0.15) is 10.6 Å². The lowest BCUT2D eigenvalue weighted by Gasteiger charge is -2.24. The highest BCUT2D eigenvalue weighted by molar-refractivity contribution is 7.93. The quantitative estimate of drug-likeness (QED) is 0.313. The predicted molar refractivity (Wildman–Crippen MR) is 133 cm³/mol. The summed E-state index contributed by atoms with van der Waals surface area (Å²) in [5, 5.41) is 32.3. The van der Waals surface area contributed by atoms with Gasteiger partial charge in [-0.15, -0.1) is 15.3 Å². The standard InChI is InChI=1S/C24H24N6O4S/c1-2-29(19-12-8-9-17(15-19)16-31)35(33,34)21-14-7-6-13-20(21)26-27-22-23(25)28-30(24(22)32)18-10-4-3-5-11-18/h3-15,31-32H,2,16H2,1H3,(H2,25,28)/b27-26+. The van der Waals surface area contributed by atoms with E-state index in [4.69, 9.17) is 5.73 Å². The highest BCUT2D eigenvalue weighted by Gasteiger charge is 2.27. The Morgan fingerprint density at radius 2 is 1.71 bits per heavy atom. The number of nitrogens with zero attached hydrogens (tertiary/aromatic N) is 5. The molecule has 0 fully saturated rings. The molecule has 0 saturated carbocycles. The number of aliphatic hydroxyl groups excluding tert-OH is 1. The molecule has 3 aromatic carbocycles. The summed E-state index contributed by atoms with van der Waals surface area (Å²) in [6.45, 7) is 1.65. The van der Waals surface area contributed by atoms with Crippen LogP contribution in [0.15, 0.2) is 94.0 Å². The molecule has 0 amide bonds. The summed E-state index contributed by atoms with van der Waals surface area (Å²) >= 11 is 0.